The van der Waals surface area contributed by atoms with E-state index in [1.807, 2.05) is 64.5 Å². The maximum absolute atomic E-state index is 13.6. The number of para-hydroxylation sites is 2. The van der Waals surface area contributed by atoms with Gasteiger partial charge in [0.1, 0.15) is 0 Å². The Morgan fingerprint density at radius 1 is 1.03 bits per heavy atom. The van der Waals surface area contributed by atoms with Crippen LogP contribution in [0.25, 0.3) is 22.4 Å². The average Bonchev–Trinajstić information content (AvgIpc) is 3.42. The number of benzene rings is 3. The Bertz CT molecular complexity index is 1680. The van der Waals surface area contributed by atoms with Gasteiger partial charge < -0.3 is 0 Å². The van der Waals surface area contributed by atoms with Crippen molar-refractivity contribution in [1.82, 2.24) is 23.6 Å². The van der Waals surface area contributed by atoms with E-state index in [1.54, 1.807) is 4.57 Å². The second-order valence-corrected chi connectivity index (χ2v) is 9.38. The predicted octanol–water partition coefficient (Wildman–Crippen LogP) is 5.05. The highest BCUT2D eigenvalue weighted by atomic mass is 32.1. The normalized spacial score (nSPS) is 15.4. The molecule has 2 heterocycles. The highest BCUT2D eigenvalue weighted by molar-refractivity contribution is 7.71. The number of rotatable bonds is 4. The first-order valence-corrected chi connectivity index (χ1v) is 11.9. The van der Waals surface area contributed by atoms with Gasteiger partial charge in [0.2, 0.25) is 10.5 Å². The Labute approximate surface area is 202 Å². The van der Waals surface area contributed by atoms with Crippen LogP contribution in [0.4, 0.5) is 0 Å². The summed E-state index contributed by atoms with van der Waals surface area (Å²) in [6.45, 7) is 2.54. The quantitative estimate of drug-likeness (QED) is 0.347. The largest absolute Gasteiger partial charge is 0.280 e. The number of aryl methyl sites for hydroxylation is 2. The van der Waals surface area contributed by atoms with Crippen LogP contribution in [0, 0.1) is 11.7 Å². The summed E-state index contributed by atoms with van der Waals surface area (Å²) in [6.07, 6.45) is 2.16. The third-order valence-corrected chi connectivity index (χ3v) is 7.34. The van der Waals surface area contributed by atoms with Gasteiger partial charge in [-0.3, -0.25) is 14.1 Å². The van der Waals surface area contributed by atoms with Crippen LogP contribution >= 0.6 is 12.2 Å². The molecule has 0 saturated heterocycles. The fraction of sp³-hybridized carbons (Fsp3) is 0.222. The van der Waals surface area contributed by atoms with E-state index in [0.29, 0.717) is 28.6 Å². The summed E-state index contributed by atoms with van der Waals surface area (Å²) in [5.41, 5.74) is 5.29. The lowest BCUT2D eigenvalue weighted by molar-refractivity contribution is 0.182. The molecular formula is C27H25N5OS. The molecule has 2 aromatic heterocycles. The maximum atomic E-state index is 13.6. The first kappa shape index (κ1) is 21.0. The van der Waals surface area contributed by atoms with Gasteiger partial charge in [-0.2, -0.15) is 0 Å². The van der Waals surface area contributed by atoms with E-state index in [4.69, 9.17) is 17.3 Å². The van der Waals surface area contributed by atoms with Crippen LogP contribution in [0.2, 0.25) is 0 Å². The van der Waals surface area contributed by atoms with Crippen molar-refractivity contribution in [1.29, 1.82) is 0 Å². The number of hydrogen-bond acceptors (Lipinski definition) is 4. The van der Waals surface area contributed by atoms with Gasteiger partial charge in [0.25, 0.3) is 5.56 Å². The second-order valence-electron chi connectivity index (χ2n) is 9.01. The average molecular weight is 468 g/mol. The maximum Gasteiger partial charge on any atom is 0.267 e. The molecule has 0 amide bonds. The van der Waals surface area contributed by atoms with Crippen molar-refractivity contribution in [2.75, 3.05) is 7.05 Å². The molecule has 5 aromatic rings. The van der Waals surface area contributed by atoms with Crippen molar-refractivity contribution in [2.24, 2.45) is 0 Å². The van der Waals surface area contributed by atoms with Gasteiger partial charge in [0.05, 0.1) is 23.3 Å². The highest BCUT2D eigenvalue weighted by Crippen LogP contribution is 2.35. The molecule has 6 rings (SSSR count). The van der Waals surface area contributed by atoms with Gasteiger partial charge in [0.15, 0.2) is 0 Å². The molecule has 1 aliphatic carbocycles. The highest BCUT2D eigenvalue weighted by Gasteiger charge is 2.26. The van der Waals surface area contributed by atoms with Crippen LogP contribution in [0.5, 0.6) is 0 Å². The molecule has 6 nitrogen and oxygen atoms in total. The Morgan fingerprint density at radius 2 is 1.76 bits per heavy atom. The molecule has 7 heteroatoms. The molecule has 0 bridgehead atoms. The fourth-order valence-corrected chi connectivity index (χ4v) is 5.52. The van der Waals surface area contributed by atoms with Crippen molar-refractivity contribution >= 4 is 28.9 Å². The van der Waals surface area contributed by atoms with E-state index in [0.717, 1.165) is 29.6 Å². The number of hydrogen-bond donors (Lipinski definition) is 0. The molecule has 1 unspecified atom stereocenters. The van der Waals surface area contributed by atoms with Gasteiger partial charge in [-0.25, -0.2) is 9.25 Å². The van der Waals surface area contributed by atoms with Crippen molar-refractivity contribution in [3.8, 4) is 5.69 Å². The SMILES string of the molecule is Cc1ccccc1-n1c(=O)c2ccccc2n2c(=S)n(CN(C)C3CCc4ccccc43)nc12. The summed E-state index contributed by atoms with van der Waals surface area (Å²) in [5, 5.41) is 5.52. The minimum Gasteiger partial charge on any atom is -0.280 e. The summed E-state index contributed by atoms with van der Waals surface area (Å²) >= 11 is 5.93. The summed E-state index contributed by atoms with van der Waals surface area (Å²) in [6, 6.07) is 24.4. The van der Waals surface area contributed by atoms with Gasteiger partial charge in [-0.15, -0.1) is 5.10 Å². The zero-order valence-corrected chi connectivity index (χ0v) is 20.0. The predicted molar refractivity (Wildman–Crippen MR) is 137 cm³/mol. The zero-order chi connectivity index (χ0) is 23.4. The molecule has 170 valence electrons. The number of fused-ring (bicyclic) bond motifs is 4. The molecule has 0 N–H and O–H groups in total. The molecule has 0 saturated carbocycles. The van der Waals surface area contributed by atoms with Crippen molar-refractivity contribution in [3.05, 3.63) is 105 Å². The topological polar surface area (TPSA) is 47.5 Å². The van der Waals surface area contributed by atoms with E-state index in [-0.39, 0.29) is 5.56 Å². The van der Waals surface area contributed by atoms with Gasteiger partial charge in [-0.05, 0) is 73.9 Å². The number of nitrogens with zero attached hydrogens (tertiary/aromatic N) is 5. The monoisotopic (exact) mass is 467 g/mol. The summed E-state index contributed by atoms with van der Waals surface area (Å²) in [5.74, 6) is 0.531. The van der Waals surface area contributed by atoms with Crippen molar-refractivity contribution in [3.63, 3.8) is 0 Å². The lowest BCUT2D eigenvalue weighted by atomic mass is 10.1. The minimum absolute atomic E-state index is 0.0948. The molecule has 34 heavy (non-hydrogen) atoms. The van der Waals surface area contributed by atoms with Crippen LogP contribution in [0.1, 0.15) is 29.2 Å². The lowest BCUT2D eigenvalue weighted by Crippen LogP contribution is -2.26. The molecule has 3 aromatic carbocycles. The van der Waals surface area contributed by atoms with E-state index in [9.17, 15) is 4.79 Å². The van der Waals surface area contributed by atoms with Crippen molar-refractivity contribution < 1.29 is 0 Å². The van der Waals surface area contributed by atoms with Crippen LogP contribution in [-0.4, -0.2) is 30.7 Å². The molecule has 0 radical (unpaired) electrons. The fourth-order valence-electron chi connectivity index (χ4n) is 5.24. The van der Waals surface area contributed by atoms with E-state index in [2.05, 4.69) is 36.2 Å². The van der Waals surface area contributed by atoms with Gasteiger partial charge in [0, 0.05) is 6.04 Å². The van der Waals surface area contributed by atoms with Crippen LogP contribution in [0.3, 0.4) is 0 Å². The Hall–Kier alpha value is -3.55. The van der Waals surface area contributed by atoms with Gasteiger partial charge >= 0.3 is 0 Å². The molecule has 1 aliphatic rings. The molecular weight excluding hydrogens is 442 g/mol. The third-order valence-electron chi connectivity index (χ3n) is 6.95. The Balaban J connectivity index is 1.54. The standard InChI is InChI=1S/C27H25N5OS/c1-18-9-3-7-13-22(18)31-25(33)21-12-6-8-14-24(21)32-26(31)28-30(27(32)34)17-29(2)23-16-15-19-10-4-5-11-20(19)23/h3-14,23H,15-17H2,1-2H3. The molecule has 0 spiro atoms. The Kier molecular flexibility index (Phi) is 4.97. The van der Waals surface area contributed by atoms with Crippen LogP contribution < -0.4 is 5.56 Å². The zero-order valence-electron chi connectivity index (χ0n) is 19.2. The Morgan fingerprint density at radius 3 is 2.62 bits per heavy atom. The smallest absolute Gasteiger partial charge is 0.267 e. The van der Waals surface area contributed by atoms with Crippen LogP contribution in [0.15, 0.2) is 77.6 Å². The van der Waals surface area contributed by atoms with E-state index < -0.39 is 0 Å². The summed E-state index contributed by atoms with van der Waals surface area (Å²) in [7, 11) is 2.12. The third kappa shape index (κ3) is 3.15. The number of aromatic nitrogens is 4. The lowest BCUT2D eigenvalue weighted by Gasteiger charge is -2.24. The van der Waals surface area contributed by atoms with Crippen molar-refractivity contribution in [2.45, 2.75) is 32.5 Å². The second kappa shape index (κ2) is 8.04. The molecule has 0 fully saturated rings. The molecule has 1 atom stereocenters. The first-order chi connectivity index (χ1) is 16.5. The van der Waals surface area contributed by atoms with Gasteiger partial charge in [-0.1, -0.05) is 54.6 Å². The van der Waals surface area contributed by atoms with E-state index >= 15 is 0 Å². The van der Waals surface area contributed by atoms with E-state index in [1.165, 1.54) is 11.1 Å². The van der Waals surface area contributed by atoms with Crippen LogP contribution in [-0.2, 0) is 13.1 Å². The summed E-state index contributed by atoms with van der Waals surface area (Å²) < 4.78 is 6.03. The minimum atomic E-state index is -0.0948. The molecule has 0 aliphatic heterocycles. The first-order valence-electron chi connectivity index (χ1n) is 11.5. The summed E-state index contributed by atoms with van der Waals surface area (Å²) in [4.78, 5) is 15.9.